The van der Waals surface area contributed by atoms with E-state index in [2.05, 4.69) is 0 Å². The number of rotatable bonds is 4. The Labute approximate surface area is 121 Å². The Morgan fingerprint density at radius 2 is 2.16 bits per heavy atom. The Morgan fingerprint density at radius 1 is 1.42 bits per heavy atom. The number of hydrogen-bond acceptors (Lipinski definition) is 1. The Kier molecular flexibility index (Phi) is 4.17. The van der Waals surface area contributed by atoms with E-state index in [1.807, 2.05) is 29.8 Å². The predicted octanol–water partition coefficient (Wildman–Crippen LogP) is 4.37. The Hall–Kier alpha value is -1.45. The molecule has 1 N–H and O–H groups in total. The third kappa shape index (κ3) is 2.94. The van der Waals surface area contributed by atoms with Gasteiger partial charge in [-0.25, -0.2) is 4.79 Å². The van der Waals surface area contributed by atoms with Gasteiger partial charge in [-0.1, -0.05) is 36.2 Å². The number of carboxylic acids is 1. The smallest absolute Gasteiger partial charge is 0.331 e. The number of halogens is 2. The molecule has 1 aromatic carbocycles. The molecule has 2 rings (SSSR count). The number of hydrogen-bond donors (Lipinski definition) is 1. The van der Waals surface area contributed by atoms with Crippen molar-refractivity contribution in [2.24, 2.45) is 0 Å². The second-order valence-electron chi connectivity index (χ2n) is 4.18. The van der Waals surface area contributed by atoms with Crippen LogP contribution in [0.3, 0.4) is 0 Å². The summed E-state index contributed by atoms with van der Waals surface area (Å²) in [5, 5.41) is 11.1. The van der Waals surface area contributed by atoms with Crippen molar-refractivity contribution in [1.29, 1.82) is 0 Å². The van der Waals surface area contributed by atoms with Gasteiger partial charge in [-0.2, -0.15) is 0 Å². The van der Waals surface area contributed by atoms with Crippen LogP contribution in [0.15, 0.2) is 36.0 Å². The van der Waals surface area contributed by atoms with Gasteiger partial charge >= 0.3 is 5.97 Å². The summed E-state index contributed by atoms with van der Waals surface area (Å²) in [7, 11) is 0. The fraction of sp³-hybridized carbons (Fsp3) is 0.214. The van der Waals surface area contributed by atoms with Crippen molar-refractivity contribution in [3.63, 3.8) is 0 Å². The van der Waals surface area contributed by atoms with Crippen molar-refractivity contribution in [2.45, 2.75) is 19.9 Å². The molecule has 0 aliphatic heterocycles. The average molecular weight is 298 g/mol. The van der Waals surface area contributed by atoms with Gasteiger partial charge in [0.05, 0.1) is 10.5 Å². The summed E-state index contributed by atoms with van der Waals surface area (Å²) in [5.74, 6) is -0.880. The van der Waals surface area contributed by atoms with Gasteiger partial charge in [-0.05, 0) is 24.6 Å². The molecule has 0 saturated heterocycles. The lowest BCUT2D eigenvalue weighted by Gasteiger charge is -2.04. The van der Waals surface area contributed by atoms with Gasteiger partial charge in [0, 0.05) is 28.7 Å². The fourth-order valence-corrected chi connectivity index (χ4v) is 2.51. The molecule has 3 nitrogen and oxygen atoms in total. The zero-order valence-electron chi connectivity index (χ0n) is 10.4. The van der Waals surface area contributed by atoms with Crippen LogP contribution in [0.2, 0.25) is 10.0 Å². The fourth-order valence-electron chi connectivity index (χ4n) is 1.97. The van der Waals surface area contributed by atoms with Crippen molar-refractivity contribution >= 4 is 40.1 Å². The zero-order valence-corrected chi connectivity index (χ0v) is 11.9. The molecular weight excluding hydrogens is 285 g/mol. The lowest BCUT2D eigenvalue weighted by molar-refractivity contribution is -0.132. The maximum absolute atomic E-state index is 10.9. The average Bonchev–Trinajstić information content (AvgIpc) is 2.73. The molecule has 1 aromatic heterocycles. The molecule has 0 aliphatic carbocycles. The Balaban J connectivity index is 2.39. The summed E-state index contributed by atoms with van der Waals surface area (Å²) in [5.41, 5.74) is 1.30. The molecule has 2 aromatic rings. The number of benzene rings is 1. The summed E-state index contributed by atoms with van der Waals surface area (Å²) in [4.78, 5) is 10.9. The molecule has 19 heavy (non-hydrogen) atoms. The normalized spacial score (nSPS) is 12.1. The van der Waals surface area contributed by atoms with E-state index in [9.17, 15) is 4.79 Å². The molecule has 0 unspecified atom stereocenters. The minimum Gasteiger partial charge on any atom is -0.478 e. The van der Waals surface area contributed by atoms with Gasteiger partial charge in [0.25, 0.3) is 0 Å². The highest BCUT2D eigenvalue weighted by molar-refractivity contribution is 6.38. The first-order chi connectivity index (χ1) is 9.02. The largest absolute Gasteiger partial charge is 0.478 e. The highest BCUT2D eigenvalue weighted by atomic mass is 35.5. The third-order valence-corrected chi connectivity index (χ3v) is 3.52. The van der Waals surface area contributed by atoms with Gasteiger partial charge in [0.1, 0.15) is 0 Å². The van der Waals surface area contributed by atoms with Gasteiger partial charge in [-0.3, -0.25) is 0 Å². The number of aliphatic carboxylic acids is 1. The summed E-state index contributed by atoms with van der Waals surface area (Å²) in [6.45, 7) is 2.30. The quantitative estimate of drug-likeness (QED) is 0.852. The molecule has 0 saturated carbocycles. The van der Waals surface area contributed by atoms with Crippen molar-refractivity contribution in [3.05, 3.63) is 46.1 Å². The molecule has 0 atom stereocenters. The standard InChI is InChI=1S/C14H13Cl2NO2/c1-2-9(14(18)19)3-5-17-6-4-11-12(16)7-10(15)8-13(11)17/h3-4,6-8H,2,5H2,1H3,(H,18,19)/b9-3-. The monoisotopic (exact) mass is 297 g/mol. The number of fused-ring (bicyclic) bond motifs is 1. The predicted molar refractivity (Wildman–Crippen MR) is 78.0 cm³/mol. The van der Waals surface area contributed by atoms with Crippen LogP contribution in [0, 0.1) is 0 Å². The second-order valence-corrected chi connectivity index (χ2v) is 5.02. The van der Waals surface area contributed by atoms with Crippen LogP contribution in [0.4, 0.5) is 0 Å². The van der Waals surface area contributed by atoms with E-state index < -0.39 is 5.97 Å². The highest BCUT2D eigenvalue weighted by Crippen LogP contribution is 2.28. The Bertz CT molecular complexity index is 659. The molecule has 0 fully saturated rings. The number of nitrogens with zero attached hydrogens (tertiary/aromatic N) is 1. The molecule has 0 aliphatic rings. The van der Waals surface area contributed by atoms with Crippen LogP contribution in [-0.4, -0.2) is 15.6 Å². The number of carboxylic acid groups (broad SMARTS) is 1. The van der Waals surface area contributed by atoms with Crippen molar-refractivity contribution in [1.82, 2.24) is 4.57 Å². The van der Waals surface area contributed by atoms with Crippen LogP contribution in [-0.2, 0) is 11.3 Å². The van der Waals surface area contributed by atoms with Crippen molar-refractivity contribution in [3.8, 4) is 0 Å². The summed E-state index contributed by atoms with van der Waals surface area (Å²) >= 11 is 12.1. The summed E-state index contributed by atoms with van der Waals surface area (Å²) in [6, 6.07) is 5.41. The van der Waals surface area contributed by atoms with Crippen molar-refractivity contribution in [2.75, 3.05) is 0 Å². The van der Waals surface area contributed by atoms with E-state index in [0.717, 1.165) is 10.9 Å². The molecule has 5 heteroatoms. The van der Waals surface area contributed by atoms with Gasteiger partial charge in [0.15, 0.2) is 0 Å². The van der Waals surface area contributed by atoms with E-state index in [1.165, 1.54) is 0 Å². The molecule has 0 amide bonds. The van der Waals surface area contributed by atoms with Crippen LogP contribution in [0.5, 0.6) is 0 Å². The minimum absolute atomic E-state index is 0.398. The van der Waals surface area contributed by atoms with Crippen LogP contribution in [0.25, 0.3) is 10.9 Å². The van der Waals surface area contributed by atoms with E-state index in [4.69, 9.17) is 28.3 Å². The lowest BCUT2D eigenvalue weighted by atomic mass is 10.2. The number of allylic oxidation sites excluding steroid dienone is 1. The number of carbonyl (C=O) groups is 1. The summed E-state index contributed by atoms with van der Waals surface area (Å²) < 4.78 is 1.92. The first kappa shape index (κ1) is 14.0. The summed E-state index contributed by atoms with van der Waals surface area (Å²) in [6.07, 6.45) is 4.07. The maximum Gasteiger partial charge on any atom is 0.331 e. The van der Waals surface area contributed by atoms with Gasteiger partial charge < -0.3 is 9.67 Å². The van der Waals surface area contributed by atoms with E-state index in [1.54, 1.807) is 12.1 Å². The number of aromatic nitrogens is 1. The zero-order chi connectivity index (χ0) is 14.0. The van der Waals surface area contributed by atoms with E-state index >= 15 is 0 Å². The molecule has 100 valence electrons. The molecule has 0 radical (unpaired) electrons. The minimum atomic E-state index is -0.880. The molecular formula is C14H13Cl2NO2. The second kappa shape index (κ2) is 5.68. The third-order valence-electron chi connectivity index (χ3n) is 2.99. The van der Waals surface area contributed by atoms with Crippen LogP contribution in [0.1, 0.15) is 13.3 Å². The topological polar surface area (TPSA) is 42.2 Å². The molecule has 0 spiro atoms. The maximum atomic E-state index is 10.9. The van der Waals surface area contributed by atoms with Gasteiger partial charge in [0.2, 0.25) is 0 Å². The van der Waals surface area contributed by atoms with E-state index in [-0.39, 0.29) is 0 Å². The van der Waals surface area contributed by atoms with Crippen LogP contribution >= 0.6 is 23.2 Å². The highest BCUT2D eigenvalue weighted by Gasteiger charge is 2.07. The SMILES string of the molecule is CC/C(=C/Cn1ccc2c(Cl)cc(Cl)cc21)C(=O)O. The first-order valence-corrected chi connectivity index (χ1v) is 6.64. The van der Waals surface area contributed by atoms with Gasteiger partial charge in [-0.15, -0.1) is 0 Å². The lowest BCUT2D eigenvalue weighted by Crippen LogP contribution is -2.02. The van der Waals surface area contributed by atoms with Crippen molar-refractivity contribution < 1.29 is 9.90 Å². The molecule has 0 bridgehead atoms. The van der Waals surface area contributed by atoms with Crippen LogP contribution < -0.4 is 0 Å². The first-order valence-electron chi connectivity index (χ1n) is 5.89. The van der Waals surface area contributed by atoms with E-state index in [0.29, 0.717) is 28.6 Å². The Morgan fingerprint density at radius 3 is 2.79 bits per heavy atom. The molecule has 1 heterocycles.